The zero-order chi connectivity index (χ0) is 13.8. The van der Waals surface area contributed by atoms with Gasteiger partial charge < -0.3 is 9.80 Å². The third-order valence-corrected chi connectivity index (χ3v) is 3.38. The molecule has 1 amide bonds. The lowest BCUT2D eigenvalue weighted by molar-refractivity contribution is 0.0740. The van der Waals surface area contributed by atoms with Crippen LogP contribution in [0.25, 0.3) is 0 Å². The number of hydrogen-bond donors (Lipinski definition) is 0. The van der Waals surface area contributed by atoms with Crippen LogP contribution in [0.3, 0.4) is 0 Å². The van der Waals surface area contributed by atoms with Crippen molar-refractivity contribution in [2.75, 3.05) is 31.1 Å². The van der Waals surface area contributed by atoms with Crippen molar-refractivity contribution in [3.8, 4) is 0 Å². The van der Waals surface area contributed by atoms with Crippen molar-refractivity contribution in [2.24, 2.45) is 0 Å². The van der Waals surface area contributed by atoms with Crippen LogP contribution in [0.2, 0.25) is 0 Å². The van der Waals surface area contributed by atoms with Crippen molar-refractivity contribution >= 4 is 11.6 Å². The van der Waals surface area contributed by atoms with Crippen molar-refractivity contribution in [3.63, 3.8) is 0 Å². The predicted molar refractivity (Wildman–Crippen MR) is 74.4 cm³/mol. The van der Waals surface area contributed by atoms with Gasteiger partial charge in [-0.2, -0.15) is 0 Å². The molecular weight excluding hydrogens is 254 g/mol. The molecule has 0 saturated carbocycles. The molecule has 3 rings (SSSR count). The summed E-state index contributed by atoms with van der Waals surface area (Å²) in [6.07, 6.45) is 8.19. The summed E-state index contributed by atoms with van der Waals surface area (Å²) in [5.74, 6) is -0.0486. The number of anilines is 1. The van der Waals surface area contributed by atoms with Crippen molar-refractivity contribution in [3.05, 3.63) is 48.8 Å². The lowest BCUT2D eigenvalue weighted by Crippen LogP contribution is -2.49. The molecule has 6 heteroatoms. The number of hydrogen-bond acceptors (Lipinski definition) is 5. The van der Waals surface area contributed by atoms with Gasteiger partial charge in [0.15, 0.2) is 0 Å². The number of rotatable bonds is 2. The first-order chi connectivity index (χ1) is 9.84. The zero-order valence-corrected chi connectivity index (χ0v) is 11.0. The Bertz CT molecular complexity index is 567. The summed E-state index contributed by atoms with van der Waals surface area (Å²) in [4.78, 5) is 28.3. The molecule has 0 N–H and O–H groups in total. The summed E-state index contributed by atoms with van der Waals surface area (Å²) in [6.45, 7) is 3.02. The molecule has 0 spiro atoms. The summed E-state index contributed by atoms with van der Waals surface area (Å²) in [6, 6.07) is 3.97. The topological polar surface area (TPSA) is 62.2 Å². The Labute approximate surface area is 117 Å². The summed E-state index contributed by atoms with van der Waals surface area (Å²) in [5, 5.41) is 0. The van der Waals surface area contributed by atoms with Gasteiger partial charge in [-0.3, -0.25) is 14.8 Å². The van der Waals surface area contributed by atoms with E-state index in [0.29, 0.717) is 18.8 Å². The summed E-state index contributed by atoms with van der Waals surface area (Å²) < 4.78 is 0. The van der Waals surface area contributed by atoms with Crippen LogP contribution in [0.1, 0.15) is 10.5 Å². The minimum atomic E-state index is -0.0486. The maximum absolute atomic E-state index is 12.2. The Balaban J connectivity index is 1.63. The van der Waals surface area contributed by atoms with Crippen LogP contribution < -0.4 is 4.90 Å². The third-order valence-electron chi connectivity index (χ3n) is 3.38. The van der Waals surface area contributed by atoms with E-state index < -0.39 is 0 Å². The fraction of sp³-hybridized carbons (Fsp3) is 0.286. The average Bonchev–Trinajstić information content (AvgIpc) is 2.56. The van der Waals surface area contributed by atoms with Crippen LogP contribution in [-0.2, 0) is 0 Å². The molecule has 3 heterocycles. The molecule has 1 aliphatic heterocycles. The molecule has 0 unspecified atom stereocenters. The molecular formula is C14H15N5O. The second-order valence-electron chi connectivity index (χ2n) is 4.58. The molecule has 0 radical (unpaired) electrons. The molecule has 20 heavy (non-hydrogen) atoms. The summed E-state index contributed by atoms with van der Waals surface area (Å²) >= 11 is 0. The van der Waals surface area contributed by atoms with Gasteiger partial charge in [-0.1, -0.05) is 0 Å². The fourth-order valence-corrected chi connectivity index (χ4v) is 2.29. The monoisotopic (exact) mass is 269 g/mol. The predicted octanol–water partition coefficient (Wildman–Crippen LogP) is 0.834. The largest absolute Gasteiger partial charge is 0.368 e. The average molecular weight is 269 g/mol. The van der Waals surface area contributed by atoms with Gasteiger partial charge in [-0.15, -0.1) is 0 Å². The highest BCUT2D eigenvalue weighted by Gasteiger charge is 2.22. The number of pyridine rings is 1. The second kappa shape index (κ2) is 5.64. The van der Waals surface area contributed by atoms with Crippen LogP contribution in [0.15, 0.2) is 43.1 Å². The molecule has 102 valence electrons. The van der Waals surface area contributed by atoms with E-state index in [9.17, 15) is 4.79 Å². The van der Waals surface area contributed by atoms with E-state index in [1.807, 2.05) is 17.0 Å². The van der Waals surface area contributed by atoms with E-state index in [2.05, 4.69) is 19.9 Å². The maximum Gasteiger partial charge on any atom is 0.274 e. The quantitative estimate of drug-likeness (QED) is 0.808. The zero-order valence-electron chi connectivity index (χ0n) is 11.0. The normalized spacial score (nSPS) is 15.2. The Morgan fingerprint density at radius 2 is 1.70 bits per heavy atom. The van der Waals surface area contributed by atoms with E-state index >= 15 is 0 Å². The highest BCUT2D eigenvalue weighted by molar-refractivity contribution is 5.92. The van der Waals surface area contributed by atoms with Crippen LogP contribution in [0.4, 0.5) is 5.69 Å². The fourth-order valence-electron chi connectivity index (χ4n) is 2.29. The van der Waals surface area contributed by atoms with E-state index in [1.165, 1.54) is 6.20 Å². The number of amides is 1. The van der Waals surface area contributed by atoms with Gasteiger partial charge in [0.1, 0.15) is 5.69 Å². The summed E-state index contributed by atoms with van der Waals surface area (Å²) in [7, 11) is 0. The van der Waals surface area contributed by atoms with Gasteiger partial charge in [0.25, 0.3) is 5.91 Å². The Morgan fingerprint density at radius 1 is 0.950 bits per heavy atom. The minimum Gasteiger partial charge on any atom is -0.368 e. The van der Waals surface area contributed by atoms with E-state index in [4.69, 9.17) is 0 Å². The summed E-state index contributed by atoms with van der Waals surface area (Å²) in [5.41, 5.74) is 1.55. The van der Waals surface area contributed by atoms with Gasteiger partial charge in [0, 0.05) is 56.7 Å². The first kappa shape index (κ1) is 12.5. The third kappa shape index (κ3) is 2.59. The molecule has 0 aliphatic carbocycles. The van der Waals surface area contributed by atoms with Gasteiger partial charge >= 0.3 is 0 Å². The standard InChI is InChI=1S/C14H15N5O/c20-14(13-11-16-5-6-17-13)19-9-7-18(8-10-19)12-1-3-15-4-2-12/h1-6,11H,7-10H2. The second-order valence-corrected chi connectivity index (χ2v) is 4.58. The first-order valence-electron chi connectivity index (χ1n) is 6.55. The first-order valence-corrected chi connectivity index (χ1v) is 6.55. The molecule has 0 bridgehead atoms. The van der Waals surface area contributed by atoms with Gasteiger partial charge in [-0.05, 0) is 12.1 Å². The Morgan fingerprint density at radius 3 is 2.35 bits per heavy atom. The van der Waals surface area contributed by atoms with Crippen LogP contribution >= 0.6 is 0 Å². The molecule has 6 nitrogen and oxygen atoms in total. The van der Waals surface area contributed by atoms with E-state index in [1.54, 1.807) is 24.8 Å². The minimum absolute atomic E-state index is 0.0486. The molecule has 1 fully saturated rings. The number of carbonyl (C=O) groups is 1. The maximum atomic E-state index is 12.2. The number of carbonyl (C=O) groups excluding carboxylic acids is 1. The Kier molecular flexibility index (Phi) is 3.54. The highest BCUT2D eigenvalue weighted by Crippen LogP contribution is 2.15. The van der Waals surface area contributed by atoms with E-state index in [-0.39, 0.29) is 5.91 Å². The van der Waals surface area contributed by atoms with Gasteiger partial charge in [0.2, 0.25) is 0 Å². The number of piperazine rings is 1. The van der Waals surface area contributed by atoms with Crippen LogP contribution in [0, 0.1) is 0 Å². The Hall–Kier alpha value is -2.50. The molecule has 2 aromatic rings. The molecule has 1 aliphatic rings. The molecule has 2 aromatic heterocycles. The SMILES string of the molecule is O=C(c1cnccn1)N1CCN(c2ccncc2)CC1. The van der Waals surface area contributed by atoms with Gasteiger partial charge in [0.05, 0.1) is 6.20 Å². The van der Waals surface area contributed by atoms with Crippen LogP contribution in [-0.4, -0.2) is 51.9 Å². The number of aromatic nitrogens is 3. The number of nitrogens with zero attached hydrogens (tertiary/aromatic N) is 5. The molecule has 0 aromatic carbocycles. The van der Waals surface area contributed by atoms with Crippen molar-refractivity contribution in [1.29, 1.82) is 0 Å². The van der Waals surface area contributed by atoms with Crippen LogP contribution in [0.5, 0.6) is 0 Å². The van der Waals surface area contributed by atoms with E-state index in [0.717, 1.165) is 18.8 Å². The lowest BCUT2D eigenvalue weighted by atomic mass is 10.2. The smallest absolute Gasteiger partial charge is 0.274 e. The van der Waals surface area contributed by atoms with Gasteiger partial charge in [-0.25, -0.2) is 4.98 Å². The van der Waals surface area contributed by atoms with Crippen molar-refractivity contribution in [2.45, 2.75) is 0 Å². The van der Waals surface area contributed by atoms with Crippen molar-refractivity contribution in [1.82, 2.24) is 19.9 Å². The van der Waals surface area contributed by atoms with Crippen molar-refractivity contribution < 1.29 is 4.79 Å². The lowest BCUT2D eigenvalue weighted by Gasteiger charge is -2.35. The highest BCUT2D eigenvalue weighted by atomic mass is 16.2. The molecule has 1 saturated heterocycles. The molecule has 0 atom stereocenters.